The lowest BCUT2D eigenvalue weighted by Gasteiger charge is -2.07. The van der Waals surface area contributed by atoms with E-state index in [9.17, 15) is 4.79 Å². The van der Waals surface area contributed by atoms with Crippen LogP contribution in [0.2, 0.25) is 5.02 Å². The Balaban J connectivity index is 1.72. The average Bonchev–Trinajstić information content (AvgIpc) is 3.17. The third-order valence-electron chi connectivity index (χ3n) is 4.79. The predicted molar refractivity (Wildman–Crippen MR) is 120 cm³/mol. The first-order chi connectivity index (χ1) is 15.1. The molecule has 0 radical (unpaired) electrons. The fourth-order valence-corrected chi connectivity index (χ4v) is 3.52. The van der Waals surface area contributed by atoms with Crippen LogP contribution in [0.4, 0.5) is 0 Å². The van der Waals surface area contributed by atoms with Crippen LogP contribution in [-0.2, 0) is 11.3 Å². The number of hydrogen-bond donors (Lipinski definition) is 0. The van der Waals surface area contributed by atoms with E-state index in [0.29, 0.717) is 45.4 Å². The minimum atomic E-state index is -0.445. The largest absolute Gasteiger partial charge is 0.497 e. The van der Waals surface area contributed by atoms with Gasteiger partial charge in [-0.25, -0.2) is 4.79 Å². The van der Waals surface area contributed by atoms with Crippen LogP contribution in [0.1, 0.15) is 22.8 Å². The molecule has 0 saturated carbocycles. The lowest BCUT2D eigenvalue weighted by Crippen LogP contribution is -2.05. The monoisotopic (exact) mass is 436 g/mol. The molecule has 0 N–H and O–H groups in total. The zero-order chi connectivity index (χ0) is 21.8. The van der Waals surface area contributed by atoms with Gasteiger partial charge in [0.2, 0.25) is 0 Å². The van der Waals surface area contributed by atoms with Crippen molar-refractivity contribution in [2.24, 2.45) is 0 Å². The van der Waals surface area contributed by atoms with Gasteiger partial charge < -0.3 is 18.6 Å². The summed E-state index contributed by atoms with van der Waals surface area (Å²) in [7, 11) is 1.60. The normalized spacial score (nSPS) is 10.8. The highest BCUT2D eigenvalue weighted by Gasteiger charge is 2.24. The smallest absolute Gasteiger partial charge is 0.342 e. The molecular weight excluding hydrogens is 416 g/mol. The Morgan fingerprint density at radius 2 is 1.77 bits per heavy atom. The molecule has 6 heteroatoms. The van der Waals surface area contributed by atoms with Crippen LogP contribution in [0.15, 0.2) is 71.1 Å². The zero-order valence-electron chi connectivity index (χ0n) is 17.2. The molecule has 5 nitrogen and oxygen atoms in total. The van der Waals surface area contributed by atoms with Crippen LogP contribution in [-0.4, -0.2) is 19.7 Å². The zero-order valence-corrected chi connectivity index (χ0v) is 17.9. The highest BCUT2D eigenvalue weighted by molar-refractivity contribution is 6.30. The Morgan fingerprint density at radius 1 is 1.00 bits per heavy atom. The standard InChI is InChI=1S/C25H21ClO5/c1-3-29-25(27)23-21-14-20(30-15-16-5-4-6-18(26)13-16)11-12-22(21)31-24(23)17-7-9-19(28-2)10-8-17/h4-14H,3,15H2,1-2H3. The number of esters is 1. The second-order valence-corrected chi connectivity index (χ2v) is 7.27. The van der Waals surface area contributed by atoms with Gasteiger partial charge in [0.05, 0.1) is 13.7 Å². The highest BCUT2D eigenvalue weighted by atomic mass is 35.5. The highest BCUT2D eigenvalue weighted by Crippen LogP contribution is 2.36. The van der Waals surface area contributed by atoms with Gasteiger partial charge in [0.15, 0.2) is 0 Å². The molecule has 0 unspecified atom stereocenters. The molecule has 0 spiro atoms. The van der Waals surface area contributed by atoms with E-state index >= 15 is 0 Å². The Morgan fingerprint density at radius 3 is 2.48 bits per heavy atom. The molecule has 1 heterocycles. The van der Waals surface area contributed by atoms with Gasteiger partial charge in [-0.3, -0.25) is 0 Å². The molecule has 0 amide bonds. The summed E-state index contributed by atoms with van der Waals surface area (Å²) in [6, 6.07) is 20.2. The molecule has 0 bridgehead atoms. The number of hydrogen-bond acceptors (Lipinski definition) is 5. The molecule has 0 atom stereocenters. The fraction of sp³-hybridized carbons (Fsp3) is 0.160. The minimum absolute atomic E-state index is 0.262. The molecule has 1 aromatic heterocycles. The van der Waals surface area contributed by atoms with Crippen molar-refractivity contribution in [3.05, 3.63) is 82.9 Å². The van der Waals surface area contributed by atoms with Crippen LogP contribution >= 0.6 is 11.6 Å². The summed E-state index contributed by atoms with van der Waals surface area (Å²) in [4.78, 5) is 12.8. The first-order valence-corrected chi connectivity index (χ1v) is 10.2. The van der Waals surface area contributed by atoms with E-state index in [1.165, 1.54) is 0 Å². The maximum absolute atomic E-state index is 12.8. The summed E-state index contributed by atoms with van der Waals surface area (Å²) in [6.45, 7) is 2.38. The first-order valence-electron chi connectivity index (χ1n) is 9.84. The molecule has 4 rings (SSSR count). The van der Waals surface area contributed by atoms with Gasteiger partial charge in [0.25, 0.3) is 0 Å². The number of ether oxygens (including phenoxy) is 3. The van der Waals surface area contributed by atoms with Gasteiger partial charge in [0.1, 0.15) is 35.0 Å². The first kappa shape index (κ1) is 20.8. The summed E-state index contributed by atoms with van der Waals surface area (Å²) < 4.78 is 22.5. The van der Waals surface area contributed by atoms with Crippen LogP contribution in [0.3, 0.4) is 0 Å². The van der Waals surface area contributed by atoms with Crippen molar-refractivity contribution in [2.45, 2.75) is 13.5 Å². The van der Waals surface area contributed by atoms with Crippen LogP contribution in [0, 0.1) is 0 Å². The quantitative estimate of drug-likeness (QED) is 0.309. The van der Waals surface area contributed by atoms with Gasteiger partial charge in [-0.1, -0.05) is 23.7 Å². The third kappa shape index (κ3) is 4.52. The van der Waals surface area contributed by atoms with Gasteiger partial charge in [0, 0.05) is 16.0 Å². The third-order valence-corrected chi connectivity index (χ3v) is 5.02. The minimum Gasteiger partial charge on any atom is -0.497 e. The Labute approximate surface area is 185 Å². The lowest BCUT2D eigenvalue weighted by molar-refractivity contribution is 0.0528. The number of furan rings is 1. The van der Waals surface area contributed by atoms with E-state index in [4.69, 9.17) is 30.2 Å². The van der Waals surface area contributed by atoms with Crippen molar-refractivity contribution in [3.8, 4) is 22.8 Å². The fourth-order valence-electron chi connectivity index (χ4n) is 3.31. The second-order valence-electron chi connectivity index (χ2n) is 6.83. The van der Waals surface area contributed by atoms with Crippen LogP contribution < -0.4 is 9.47 Å². The van der Waals surface area contributed by atoms with Crippen LogP contribution in [0.5, 0.6) is 11.5 Å². The lowest BCUT2D eigenvalue weighted by atomic mass is 10.1. The van der Waals surface area contributed by atoms with E-state index in [-0.39, 0.29) is 6.61 Å². The van der Waals surface area contributed by atoms with E-state index in [0.717, 1.165) is 11.1 Å². The van der Waals surface area contributed by atoms with Crippen molar-refractivity contribution in [3.63, 3.8) is 0 Å². The Kier molecular flexibility index (Phi) is 6.14. The van der Waals surface area contributed by atoms with Gasteiger partial charge in [-0.05, 0) is 67.1 Å². The molecular formula is C25H21ClO5. The molecule has 4 aromatic rings. The number of carbonyl (C=O) groups is 1. The summed E-state index contributed by atoms with van der Waals surface area (Å²) in [6.07, 6.45) is 0. The molecule has 31 heavy (non-hydrogen) atoms. The number of rotatable bonds is 7. The Hall–Kier alpha value is -3.44. The molecule has 158 valence electrons. The SMILES string of the molecule is CCOC(=O)c1c(-c2ccc(OC)cc2)oc2ccc(OCc3cccc(Cl)c3)cc12. The van der Waals surface area contributed by atoms with Crippen molar-refractivity contribution < 1.29 is 23.4 Å². The van der Waals surface area contributed by atoms with Crippen molar-refractivity contribution in [2.75, 3.05) is 13.7 Å². The molecule has 0 aliphatic heterocycles. The number of carbonyl (C=O) groups excluding carboxylic acids is 1. The second kappa shape index (κ2) is 9.14. The summed E-state index contributed by atoms with van der Waals surface area (Å²) in [5, 5.41) is 1.29. The van der Waals surface area contributed by atoms with Crippen molar-refractivity contribution >= 4 is 28.5 Å². The number of halogens is 1. The van der Waals surface area contributed by atoms with Gasteiger partial charge in [-0.15, -0.1) is 0 Å². The number of benzene rings is 3. The molecule has 3 aromatic carbocycles. The van der Waals surface area contributed by atoms with E-state index in [1.54, 1.807) is 26.2 Å². The maximum atomic E-state index is 12.8. The van der Waals surface area contributed by atoms with Gasteiger partial charge in [-0.2, -0.15) is 0 Å². The molecule has 0 saturated heterocycles. The maximum Gasteiger partial charge on any atom is 0.342 e. The van der Waals surface area contributed by atoms with Crippen LogP contribution in [0.25, 0.3) is 22.3 Å². The van der Waals surface area contributed by atoms with E-state index in [1.807, 2.05) is 54.6 Å². The van der Waals surface area contributed by atoms with Gasteiger partial charge >= 0.3 is 5.97 Å². The van der Waals surface area contributed by atoms with Crippen molar-refractivity contribution in [1.29, 1.82) is 0 Å². The summed E-state index contributed by atoms with van der Waals surface area (Å²) in [5.74, 6) is 1.33. The molecule has 0 aliphatic rings. The summed E-state index contributed by atoms with van der Waals surface area (Å²) in [5.41, 5.74) is 2.64. The predicted octanol–water partition coefficient (Wildman–Crippen LogP) is 6.52. The number of fused-ring (bicyclic) bond motifs is 1. The Bertz CT molecular complexity index is 1210. The topological polar surface area (TPSA) is 57.9 Å². The van der Waals surface area contributed by atoms with Crippen molar-refractivity contribution in [1.82, 2.24) is 0 Å². The van der Waals surface area contributed by atoms with E-state index in [2.05, 4.69) is 0 Å². The summed E-state index contributed by atoms with van der Waals surface area (Å²) >= 11 is 6.04. The average molecular weight is 437 g/mol. The molecule has 0 fully saturated rings. The van der Waals surface area contributed by atoms with E-state index < -0.39 is 5.97 Å². The molecule has 0 aliphatic carbocycles. The number of methoxy groups -OCH3 is 1.